The van der Waals surface area contributed by atoms with Crippen molar-refractivity contribution < 1.29 is 23.7 Å². The molecular weight excluding hydrogens is 532 g/mol. The standard InChI is InChI=1S/C33H42N4O5/c1-32(2,3)42-31(38)35-25-20-28(21-25)41-27-12-8-24(9-13-27)33(4,5)23-6-10-26(11-7-23)40-22-29-34-15-14-30(36-29)37-16-18-39-19-17-37/h6-15,25,28H,16-22H2,1-5H3,(H,35,38). The van der Waals surface area contributed by atoms with Crippen LogP contribution in [-0.4, -0.2) is 60.1 Å². The first-order chi connectivity index (χ1) is 20.0. The lowest BCUT2D eigenvalue weighted by molar-refractivity contribution is 0.0363. The van der Waals surface area contributed by atoms with Gasteiger partial charge in [-0.05, 0) is 62.2 Å². The molecule has 9 heteroatoms. The van der Waals surface area contributed by atoms with E-state index in [1.54, 1.807) is 6.20 Å². The Kier molecular flexibility index (Phi) is 8.87. The maximum atomic E-state index is 12.0. The van der Waals surface area contributed by atoms with Crippen molar-refractivity contribution in [2.75, 3.05) is 31.2 Å². The summed E-state index contributed by atoms with van der Waals surface area (Å²) in [5.41, 5.74) is 1.67. The van der Waals surface area contributed by atoms with E-state index in [2.05, 4.69) is 58.3 Å². The van der Waals surface area contributed by atoms with Gasteiger partial charge in [0.2, 0.25) is 0 Å². The van der Waals surface area contributed by atoms with Crippen LogP contribution in [0.4, 0.5) is 10.6 Å². The molecule has 0 radical (unpaired) electrons. The van der Waals surface area contributed by atoms with E-state index in [1.807, 2.05) is 51.1 Å². The minimum Gasteiger partial charge on any atom is -0.490 e. The van der Waals surface area contributed by atoms with E-state index in [0.717, 1.165) is 43.2 Å². The first kappa shape index (κ1) is 29.6. The van der Waals surface area contributed by atoms with Crippen LogP contribution >= 0.6 is 0 Å². The molecule has 0 spiro atoms. The molecule has 1 aromatic heterocycles. The lowest BCUT2D eigenvalue weighted by Crippen LogP contribution is -2.50. The molecule has 2 aromatic carbocycles. The van der Waals surface area contributed by atoms with Gasteiger partial charge in [0.05, 0.1) is 13.2 Å². The molecule has 9 nitrogen and oxygen atoms in total. The van der Waals surface area contributed by atoms with Gasteiger partial charge in [-0.3, -0.25) is 0 Å². The van der Waals surface area contributed by atoms with Crippen molar-refractivity contribution in [1.29, 1.82) is 0 Å². The monoisotopic (exact) mass is 574 g/mol. The van der Waals surface area contributed by atoms with Gasteiger partial charge in [-0.2, -0.15) is 0 Å². The molecule has 1 N–H and O–H groups in total. The fraction of sp³-hybridized carbons (Fsp3) is 0.485. The smallest absolute Gasteiger partial charge is 0.407 e. The van der Waals surface area contributed by atoms with Gasteiger partial charge in [0.1, 0.15) is 35.6 Å². The number of morpholine rings is 1. The number of anilines is 1. The van der Waals surface area contributed by atoms with Crippen LogP contribution in [-0.2, 0) is 21.5 Å². The number of hydrogen-bond donors (Lipinski definition) is 1. The summed E-state index contributed by atoms with van der Waals surface area (Å²) >= 11 is 0. The van der Waals surface area contributed by atoms with Crippen LogP contribution in [0.5, 0.6) is 11.5 Å². The Morgan fingerprint density at radius 1 is 0.929 bits per heavy atom. The average molecular weight is 575 g/mol. The van der Waals surface area contributed by atoms with E-state index in [9.17, 15) is 4.79 Å². The number of benzene rings is 2. The van der Waals surface area contributed by atoms with Gasteiger partial charge < -0.3 is 29.2 Å². The van der Waals surface area contributed by atoms with Crippen molar-refractivity contribution in [3.8, 4) is 11.5 Å². The number of amides is 1. The molecule has 0 unspecified atom stereocenters. The fourth-order valence-corrected chi connectivity index (χ4v) is 5.11. The molecule has 1 aliphatic heterocycles. The molecule has 1 saturated heterocycles. The van der Waals surface area contributed by atoms with Crippen molar-refractivity contribution in [3.63, 3.8) is 0 Å². The third kappa shape index (κ3) is 7.70. The number of nitrogens with zero attached hydrogens (tertiary/aromatic N) is 3. The van der Waals surface area contributed by atoms with Gasteiger partial charge in [0.25, 0.3) is 0 Å². The third-order valence-corrected chi connectivity index (χ3v) is 7.66. The highest BCUT2D eigenvalue weighted by Gasteiger charge is 2.33. The third-order valence-electron chi connectivity index (χ3n) is 7.66. The molecule has 1 saturated carbocycles. The molecule has 5 rings (SSSR count). The van der Waals surface area contributed by atoms with Crippen molar-refractivity contribution in [1.82, 2.24) is 15.3 Å². The van der Waals surface area contributed by atoms with Gasteiger partial charge in [0.15, 0.2) is 5.82 Å². The maximum Gasteiger partial charge on any atom is 0.407 e. The van der Waals surface area contributed by atoms with Crippen molar-refractivity contribution in [3.05, 3.63) is 77.7 Å². The van der Waals surface area contributed by atoms with Crippen LogP contribution in [0.15, 0.2) is 60.8 Å². The van der Waals surface area contributed by atoms with E-state index in [-0.39, 0.29) is 23.7 Å². The Bertz CT molecular complexity index is 1330. The summed E-state index contributed by atoms with van der Waals surface area (Å²) in [5.74, 6) is 3.17. The van der Waals surface area contributed by atoms with Crippen LogP contribution in [0.1, 0.15) is 64.4 Å². The summed E-state index contributed by atoms with van der Waals surface area (Å²) in [6, 6.07) is 18.5. The highest BCUT2D eigenvalue weighted by Crippen LogP contribution is 2.34. The van der Waals surface area contributed by atoms with Gasteiger partial charge in [-0.25, -0.2) is 14.8 Å². The Morgan fingerprint density at radius 2 is 1.55 bits per heavy atom. The molecule has 1 amide bonds. The molecule has 1 aliphatic carbocycles. The Morgan fingerprint density at radius 3 is 2.17 bits per heavy atom. The molecule has 42 heavy (non-hydrogen) atoms. The summed E-state index contributed by atoms with van der Waals surface area (Å²) in [6.07, 6.45) is 3.04. The van der Waals surface area contributed by atoms with Crippen LogP contribution in [0.25, 0.3) is 0 Å². The average Bonchev–Trinajstić information content (AvgIpc) is 2.95. The summed E-state index contributed by atoms with van der Waals surface area (Å²) in [4.78, 5) is 23.2. The topological polar surface area (TPSA) is 95.0 Å². The number of nitrogens with one attached hydrogen (secondary N) is 1. The van der Waals surface area contributed by atoms with Crippen LogP contribution in [0, 0.1) is 0 Å². The van der Waals surface area contributed by atoms with E-state index in [4.69, 9.17) is 18.9 Å². The van der Waals surface area contributed by atoms with Gasteiger partial charge in [-0.15, -0.1) is 0 Å². The highest BCUT2D eigenvalue weighted by molar-refractivity contribution is 5.68. The highest BCUT2D eigenvalue weighted by atomic mass is 16.6. The van der Waals surface area contributed by atoms with Crippen molar-refractivity contribution in [2.24, 2.45) is 0 Å². The second-order valence-corrected chi connectivity index (χ2v) is 12.4. The number of carbonyl (C=O) groups excluding carboxylic acids is 1. The fourth-order valence-electron chi connectivity index (χ4n) is 5.11. The van der Waals surface area contributed by atoms with Gasteiger partial charge >= 0.3 is 6.09 Å². The molecule has 2 heterocycles. The summed E-state index contributed by atoms with van der Waals surface area (Å²) in [7, 11) is 0. The Balaban J connectivity index is 1.11. The molecule has 0 atom stereocenters. The van der Waals surface area contributed by atoms with E-state index in [0.29, 0.717) is 25.6 Å². The SMILES string of the molecule is CC(C)(C)OC(=O)NC1CC(Oc2ccc(C(C)(C)c3ccc(OCc4nccc(N5CCOCC5)n4)cc3)cc2)C1. The number of aromatic nitrogens is 2. The summed E-state index contributed by atoms with van der Waals surface area (Å²) in [6.45, 7) is 13.4. The molecule has 224 valence electrons. The zero-order valence-corrected chi connectivity index (χ0v) is 25.3. The Labute approximate surface area is 248 Å². The van der Waals surface area contributed by atoms with E-state index in [1.165, 1.54) is 11.1 Å². The van der Waals surface area contributed by atoms with Crippen LogP contribution in [0.2, 0.25) is 0 Å². The predicted molar refractivity (Wildman–Crippen MR) is 161 cm³/mol. The van der Waals surface area contributed by atoms with Crippen molar-refractivity contribution >= 4 is 11.9 Å². The van der Waals surface area contributed by atoms with Gasteiger partial charge in [0, 0.05) is 43.6 Å². The molecule has 0 bridgehead atoms. The number of alkyl carbamates (subject to hydrolysis) is 1. The van der Waals surface area contributed by atoms with E-state index < -0.39 is 5.60 Å². The number of carbonyl (C=O) groups is 1. The minimum atomic E-state index is -0.499. The zero-order chi connectivity index (χ0) is 29.7. The second-order valence-electron chi connectivity index (χ2n) is 12.4. The number of rotatable bonds is 9. The second kappa shape index (κ2) is 12.6. The molecule has 3 aromatic rings. The summed E-state index contributed by atoms with van der Waals surface area (Å²) < 4.78 is 22.9. The number of ether oxygens (including phenoxy) is 4. The minimum absolute atomic E-state index is 0.0859. The first-order valence-corrected chi connectivity index (χ1v) is 14.7. The lowest BCUT2D eigenvalue weighted by atomic mass is 9.78. The Hall–Kier alpha value is -3.85. The molecule has 2 fully saturated rings. The normalized spacial score (nSPS) is 19.0. The predicted octanol–water partition coefficient (Wildman–Crippen LogP) is 5.65. The molecule has 2 aliphatic rings. The van der Waals surface area contributed by atoms with E-state index >= 15 is 0 Å². The largest absolute Gasteiger partial charge is 0.490 e. The number of hydrogen-bond acceptors (Lipinski definition) is 8. The van der Waals surface area contributed by atoms with Crippen molar-refractivity contribution in [2.45, 2.75) is 77.2 Å². The lowest BCUT2D eigenvalue weighted by Gasteiger charge is -2.36. The maximum absolute atomic E-state index is 12.0. The molecular formula is C33H42N4O5. The zero-order valence-electron chi connectivity index (χ0n) is 25.3. The first-order valence-electron chi connectivity index (χ1n) is 14.7. The van der Waals surface area contributed by atoms with Crippen LogP contribution < -0.4 is 19.7 Å². The quantitative estimate of drug-likeness (QED) is 0.350. The van der Waals surface area contributed by atoms with Crippen LogP contribution in [0.3, 0.4) is 0 Å². The summed E-state index contributed by atoms with van der Waals surface area (Å²) in [5, 5.41) is 2.91. The van der Waals surface area contributed by atoms with Gasteiger partial charge in [-0.1, -0.05) is 38.1 Å².